The second-order valence-electron chi connectivity index (χ2n) is 5.98. The van der Waals surface area contributed by atoms with Crippen molar-refractivity contribution in [3.8, 4) is 11.3 Å². The zero-order chi connectivity index (χ0) is 19.6. The van der Waals surface area contributed by atoms with Crippen molar-refractivity contribution in [2.45, 2.75) is 38.9 Å². The van der Waals surface area contributed by atoms with E-state index < -0.39 is 5.91 Å². The number of aryl methyl sites for hydroxylation is 1. The number of aromatic nitrogens is 4. The van der Waals surface area contributed by atoms with Crippen LogP contribution < -0.4 is 5.32 Å². The Morgan fingerprint density at radius 3 is 2.85 bits per heavy atom. The van der Waals surface area contributed by atoms with Crippen LogP contribution in [0, 0.1) is 13.8 Å². The lowest BCUT2D eigenvalue weighted by Crippen LogP contribution is -2.15. The lowest BCUT2D eigenvalue weighted by atomic mass is 10.2. The summed E-state index contributed by atoms with van der Waals surface area (Å²) in [4.78, 5) is 25.3. The molecular weight excluding hydrogens is 402 g/mol. The van der Waals surface area contributed by atoms with Gasteiger partial charge in [-0.05, 0) is 32.6 Å². The van der Waals surface area contributed by atoms with E-state index in [4.69, 9.17) is 11.6 Å². The Labute approximate surface area is 171 Å². The van der Waals surface area contributed by atoms with E-state index in [1.54, 1.807) is 0 Å². The number of nitrogens with zero attached hydrogens (tertiary/aromatic N) is 4. The van der Waals surface area contributed by atoms with Gasteiger partial charge in [-0.25, -0.2) is 15.0 Å². The molecule has 0 atom stereocenters. The number of hydrogen-bond donors (Lipinski definition) is 1. The van der Waals surface area contributed by atoms with E-state index in [0.29, 0.717) is 10.3 Å². The molecule has 3 rings (SSSR count). The van der Waals surface area contributed by atoms with Gasteiger partial charge in [-0.1, -0.05) is 30.3 Å². The third-order valence-corrected chi connectivity index (χ3v) is 5.74. The van der Waals surface area contributed by atoms with Crippen LogP contribution in [0.5, 0.6) is 0 Å². The van der Waals surface area contributed by atoms with Gasteiger partial charge in [-0.15, -0.1) is 11.3 Å². The molecule has 9 heteroatoms. The van der Waals surface area contributed by atoms with Crippen LogP contribution in [-0.2, 0) is 6.54 Å². The fraction of sp³-hybridized carbons (Fsp3) is 0.333. The Kier molecular flexibility index (Phi) is 6.18. The van der Waals surface area contributed by atoms with E-state index in [2.05, 4.69) is 51.7 Å². The van der Waals surface area contributed by atoms with Crippen molar-refractivity contribution >= 4 is 45.7 Å². The van der Waals surface area contributed by atoms with Crippen LogP contribution in [-0.4, -0.2) is 31.7 Å². The molecule has 0 aliphatic heterocycles. The number of carbonyl (C=O) groups excluding carboxylic acids is 1. The van der Waals surface area contributed by atoms with Gasteiger partial charge in [0.25, 0.3) is 5.91 Å². The Morgan fingerprint density at radius 1 is 1.37 bits per heavy atom. The van der Waals surface area contributed by atoms with E-state index in [-0.39, 0.29) is 10.7 Å². The quantitative estimate of drug-likeness (QED) is 0.445. The molecule has 0 aliphatic rings. The van der Waals surface area contributed by atoms with Crippen molar-refractivity contribution in [1.29, 1.82) is 0 Å². The maximum Gasteiger partial charge on any atom is 0.277 e. The zero-order valence-corrected chi connectivity index (χ0v) is 17.9. The van der Waals surface area contributed by atoms with Gasteiger partial charge in [0.1, 0.15) is 0 Å². The molecule has 1 N–H and O–H groups in total. The molecule has 0 spiro atoms. The van der Waals surface area contributed by atoms with Gasteiger partial charge in [0.2, 0.25) is 0 Å². The highest BCUT2D eigenvalue weighted by atomic mass is 35.5. The van der Waals surface area contributed by atoms with E-state index in [1.807, 2.05) is 11.6 Å². The molecule has 0 aliphatic carbocycles. The Balaban J connectivity index is 1.83. The fourth-order valence-electron chi connectivity index (χ4n) is 2.85. The Hall–Kier alpha value is -1.90. The van der Waals surface area contributed by atoms with Crippen molar-refractivity contribution in [3.63, 3.8) is 0 Å². The number of carbonyl (C=O) groups is 1. The first-order chi connectivity index (χ1) is 12.9. The van der Waals surface area contributed by atoms with E-state index in [0.717, 1.165) is 24.2 Å². The number of thioether (sulfide) groups is 1. The number of thiazole rings is 1. The summed E-state index contributed by atoms with van der Waals surface area (Å²) in [6.45, 7) is 7.34. The van der Waals surface area contributed by atoms with Crippen molar-refractivity contribution in [1.82, 2.24) is 19.5 Å². The Morgan fingerprint density at radius 2 is 2.15 bits per heavy atom. The predicted octanol–water partition coefficient (Wildman–Crippen LogP) is 5.06. The second kappa shape index (κ2) is 8.41. The van der Waals surface area contributed by atoms with E-state index in [1.165, 1.54) is 40.7 Å². The van der Waals surface area contributed by atoms with Crippen LogP contribution >= 0.6 is 34.7 Å². The minimum atomic E-state index is -0.393. The third-order valence-electron chi connectivity index (χ3n) is 4.14. The highest BCUT2D eigenvalue weighted by Gasteiger charge is 2.17. The molecule has 0 bridgehead atoms. The molecule has 0 saturated carbocycles. The molecule has 0 aromatic carbocycles. The van der Waals surface area contributed by atoms with Gasteiger partial charge < -0.3 is 4.57 Å². The van der Waals surface area contributed by atoms with Crippen LogP contribution in [0.1, 0.15) is 35.2 Å². The number of hydrogen-bond acceptors (Lipinski definition) is 6. The summed E-state index contributed by atoms with van der Waals surface area (Å²) in [5, 5.41) is 5.95. The normalized spacial score (nSPS) is 11.0. The van der Waals surface area contributed by atoms with Crippen LogP contribution in [0.25, 0.3) is 11.3 Å². The molecule has 0 radical (unpaired) electrons. The van der Waals surface area contributed by atoms with Gasteiger partial charge in [-0.3, -0.25) is 10.1 Å². The number of nitrogens with one attached hydrogen (secondary N) is 1. The SMILES string of the molecule is CCCn1c(C)cc(-c2csc(NC(=O)c3nc(SC)ncc3Cl)n2)c1C. The van der Waals surface area contributed by atoms with Crippen LogP contribution in [0.4, 0.5) is 5.13 Å². The van der Waals surface area contributed by atoms with E-state index in [9.17, 15) is 4.79 Å². The molecule has 6 nitrogen and oxygen atoms in total. The zero-order valence-electron chi connectivity index (χ0n) is 15.5. The fourth-order valence-corrected chi connectivity index (χ4v) is 4.07. The summed E-state index contributed by atoms with van der Waals surface area (Å²) >= 11 is 8.80. The van der Waals surface area contributed by atoms with Crippen LogP contribution in [0.2, 0.25) is 5.02 Å². The van der Waals surface area contributed by atoms with Gasteiger partial charge in [-0.2, -0.15) is 0 Å². The lowest BCUT2D eigenvalue weighted by Gasteiger charge is -2.07. The number of anilines is 1. The maximum absolute atomic E-state index is 12.5. The molecule has 0 saturated heterocycles. The summed E-state index contributed by atoms with van der Waals surface area (Å²) in [5.74, 6) is -0.393. The number of halogens is 1. The number of rotatable bonds is 6. The maximum atomic E-state index is 12.5. The highest BCUT2D eigenvalue weighted by molar-refractivity contribution is 7.98. The predicted molar refractivity (Wildman–Crippen MR) is 112 cm³/mol. The molecule has 27 heavy (non-hydrogen) atoms. The highest BCUT2D eigenvalue weighted by Crippen LogP contribution is 2.30. The first-order valence-electron chi connectivity index (χ1n) is 8.45. The van der Waals surface area contributed by atoms with Crippen molar-refractivity contribution < 1.29 is 4.79 Å². The van der Waals surface area contributed by atoms with Crippen LogP contribution in [0.15, 0.2) is 22.8 Å². The summed E-state index contributed by atoms with van der Waals surface area (Å²) in [6.07, 6.45) is 4.35. The van der Waals surface area contributed by atoms with Crippen molar-refractivity contribution in [2.24, 2.45) is 0 Å². The van der Waals surface area contributed by atoms with Gasteiger partial charge in [0.05, 0.1) is 16.9 Å². The monoisotopic (exact) mass is 421 g/mol. The molecule has 142 valence electrons. The first-order valence-corrected chi connectivity index (χ1v) is 10.9. The van der Waals surface area contributed by atoms with Crippen molar-refractivity contribution in [3.05, 3.63) is 39.7 Å². The van der Waals surface area contributed by atoms with Crippen molar-refractivity contribution in [2.75, 3.05) is 11.6 Å². The summed E-state index contributed by atoms with van der Waals surface area (Å²) in [7, 11) is 0. The molecule has 3 aromatic heterocycles. The number of amides is 1. The average molecular weight is 422 g/mol. The summed E-state index contributed by atoms with van der Waals surface area (Å²) < 4.78 is 2.29. The molecule has 0 fully saturated rings. The van der Waals surface area contributed by atoms with Gasteiger partial charge in [0.15, 0.2) is 16.0 Å². The minimum absolute atomic E-state index is 0.147. The van der Waals surface area contributed by atoms with Gasteiger partial charge in [0, 0.05) is 28.9 Å². The Bertz CT molecular complexity index is 982. The standard InChI is InChI=1S/C18H20ClN5OS2/c1-5-6-24-10(2)7-12(11(24)3)14-9-27-18(21-14)23-16(25)15-13(19)8-20-17(22-15)26-4/h7-9H,5-6H2,1-4H3,(H,21,23,25). The molecular formula is C18H20ClN5OS2. The summed E-state index contributed by atoms with van der Waals surface area (Å²) in [6, 6.07) is 2.14. The largest absolute Gasteiger partial charge is 0.348 e. The lowest BCUT2D eigenvalue weighted by molar-refractivity contribution is 0.102. The molecule has 0 unspecified atom stereocenters. The average Bonchev–Trinajstić information content (AvgIpc) is 3.21. The molecule has 3 heterocycles. The summed E-state index contributed by atoms with van der Waals surface area (Å²) in [5.41, 5.74) is 4.47. The second-order valence-corrected chi connectivity index (χ2v) is 8.02. The molecule has 3 aromatic rings. The first kappa shape index (κ1) is 19.9. The smallest absolute Gasteiger partial charge is 0.277 e. The van der Waals surface area contributed by atoms with E-state index >= 15 is 0 Å². The minimum Gasteiger partial charge on any atom is -0.348 e. The van der Waals surface area contributed by atoms with Gasteiger partial charge >= 0.3 is 0 Å². The third kappa shape index (κ3) is 4.17. The topological polar surface area (TPSA) is 72.7 Å². The molecule has 1 amide bonds. The van der Waals surface area contributed by atoms with Crippen LogP contribution in [0.3, 0.4) is 0 Å².